The Morgan fingerprint density at radius 3 is 2.07 bits per heavy atom. The number of hydrogen-bond donors (Lipinski definition) is 1. The molecule has 1 N–H and O–H groups in total. The van der Waals surface area contributed by atoms with Gasteiger partial charge in [0.15, 0.2) is 0 Å². The highest BCUT2D eigenvalue weighted by Crippen LogP contribution is 2.48. The number of halogens is 1. The molecule has 1 unspecified atom stereocenters. The summed E-state index contributed by atoms with van der Waals surface area (Å²) in [6.45, 7) is 0. The molecule has 0 amide bonds. The van der Waals surface area contributed by atoms with Crippen molar-refractivity contribution in [2.24, 2.45) is 0 Å². The lowest BCUT2D eigenvalue weighted by atomic mass is 9.84. The lowest BCUT2D eigenvalue weighted by molar-refractivity contribution is 0.0250. The standard InChI is InChI=1S/C20H17BrO.C19H14O/c1-22-20(13-12-16-18(20)10-5-11-19(16)21)17-9-4-7-14-6-2-3-8-15(14)17;20-19-10-4-9-16-17(11-12-18(16)19)15-8-3-6-13-5-1-2-7-14(13)15/h2-11H,12-13H2,1H3;1-11,20H,12H2. The third kappa shape index (κ3) is 4.36. The van der Waals surface area contributed by atoms with Gasteiger partial charge in [0, 0.05) is 17.1 Å². The number of ether oxygens (including phenoxy) is 1. The summed E-state index contributed by atoms with van der Waals surface area (Å²) in [5.41, 5.74) is 8.25. The minimum atomic E-state index is -0.347. The first-order chi connectivity index (χ1) is 20.6. The molecule has 6 aromatic carbocycles. The first-order valence-electron chi connectivity index (χ1n) is 14.4. The molecule has 0 aromatic heterocycles. The Morgan fingerprint density at radius 1 is 0.643 bits per heavy atom. The highest BCUT2D eigenvalue weighted by Gasteiger charge is 2.42. The maximum Gasteiger partial charge on any atom is 0.119 e. The molecule has 0 fully saturated rings. The highest BCUT2D eigenvalue weighted by atomic mass is 79.9. The van der Waals surface area contributed by atoms with Crippen molar-refractivity contribution in [3.63, 3.8) is 0 Å². The van der Waals surface area contributed by atoms with E-state index >= 15 is 0 Å². The van der Waals surface area contributed by atoms with E-state index < -0.39 is 0 Å². The van der Waals surface area contributed by atoms with E-state index in [1.165, 1.54) is 53.8 Å². The van der Waals surface area contributed by atoms with Crippen LogP contribution < -0.4 is 0 Å². The van der Waals surface area contributed by atoms with Gasteiger partial charge in [-0.3, -0.25) is 0 Å². The molecule has 2 nitrogen and oxygen atoms in total. The summed E-state index contributed by atoms with van der Waals surface area (Å²) in [5.74, 6) is 0.397. The zero-order valence-corrected chi connectivity index (χ0v) is 25.1. The molecule has 0 heterocycles. The van der Waals surface area contributed by atoms with Gasteiger partial charge in [-0.25, -0.2) is 0 Å². The van der Waals surface area contributed by atoms with Crippen LogP contribution >= 0.6 is 15.9 Å². The quantitative estimate of drug-likeness (QED) is 0.216. The molecule has 2 aliphatic carbocycles. The summed E-state index contributed by atoms with van der Waals surface area (Å²) in [7, 11) is 1.83. The molecular weight excluding hydrogens is 580 g/mol. The Bertz CT molecular complexity index is 1980. The largest absolute Gasteiger partial charge is 0.508 e. The minimum Gasteiger partial charge on any atom is -0.508 e. The van der Waals surface area contributed by atoms with Gasteiger partial charge in [0.05, 0.1) is 0 Å². The first kappa shape index (κ1) is 26.7. The minimum absolute atomic E-state index is 0.347. The summed E-state index contributed by atoms with van der Waals surface area (Å²) < 4.78 is 7.34. The van der Waals surface area contributed by atoms with E-state index in [0.29, 0.717) is 5.75 Å². The van der Waals surface area contributed by atoms with Gasteiger partial charge in [0.25, 0.3) is 0 Å². The van der Waals surface area contributed by atoms with Crippen LogP contribution in [0.5, 0.6) is 5.75 Å². The smallest absolute Gasteiger partial charge is 0.119 e. The third-order valence-electron chi connectivity index (χ3n) is 8.89. The number of hydrogen-bond acceptors (Lipinski definition) is 2. The highest BCUT2D eigenvalue weighted by molar-refractivity contribution is 9.10. The lowest BCUT2D eigenvalue weighted by Crippen LogP contribution is -2.27. The van der Waals surface area contributed by atoms with E-state index in [-0.39, 0.29) is 5.60 Å². The normalized spacial score (nSPS) is 17.0. The summed E-state index contributed by atoms with van der Waals surface area (Å²) >= 11 is 3.69. The molecule has 0 saturated carbocycles. The van der Waals surface area contributed by atoms with Gasteiger partial charge in [-0.15, -0.1) is 0 Å². The van der Waals surface area contributed by atoms with Gasteiger partial charge in [-0.1, -0.05) is 131 Å². The monoisotopic (exact) mass is 610 g/mol. The van der Waals surface area contributed by atoms with Crippen molar-refractivity contribution in [3.8, 4) is 5.75 Å². The number of rotatable bonds is 3. The van der Waals surface area contributed by atoms with Crippen molar-refractivity contribution in [2.45, 2.75) is 24.9 Å². The van der Waals surface area contributed by atoms with Crippen molar-refractivity contribution in [1.29, 1.82) is 0 Å². The molecule has 3 heteroatoms. The Labute approximate surface area is 255 Å². The fraction of sp³-hybridized carbons (Fsp3) is 0.128. The van der Waals surface area contributed by atoms with Crippen LogP contribution in [0.4, 0.5) is 0 Å². The number of methoxy groups -OCH3 is 1. The number of phenolic OH excluding ortho intramolecular Hbond substituents is 1. The van der Waals surface area contributed by atoms with E-state index in [9.17, 15) is 5.11 Å². The molecule has 2 aliphatic rings. The van der Waals surface area contributed by atoms with Gasteiger partial charge in [0.2, 0.25) is 0 Å². The number of phenols is 1. The fourth-order valence-electron chi connectivity index (χ4n) is 6.88. The van der Waals surface area contributed by atoms with E-state index in [4.69, 9.17) is 4.74 Å². The molecule has 0 saturated heterocycles. The molecule has 0 radical (unpaired) electrons. The van der Waals surface area contributed by atoms with Crippen LogP contribution in [0.2, 0.25) is 0 Å². The van der Waals surface area contributed by atoms with Crippen molar-refractivity contribution >= 4 is 43.0 Å². The number of allylic oxidation sites excluding steroid dienone is 1. The summed E-state index contributed by atoms with van der Waals surface area (Å²) in [6, 6.07) is 42.1. The average Bonchev–Trinajstić information content (AvgIpc) is 3.65. The van der Waals surface area contributed by atoms with Gasteiger partial charge >= 0.3 is 0 Å². The second-order valence-electron chi connectivity index (χ2n) is 11.0. The summed E-state index contributed by atoms with van der Waals surface area (Å²) in [6.07, 6.45) is 5.04. The molecule has 6 aromatic rings. The van der Waals surface area contributed by atoms with Crippen LogP contribution in [0.25, 0.3) is 27.1 Å². The predicted octanol–water partition coefficient (Wildman–Crippen LogP) is 9.97. The SMILES string of the molecule is COC1(c2cccc3ccccc23)CCc2c(Br)cccc21.Oc1cccc2c1CC=C2c1cccc2ccccc12. The zero-order valence-electron chi connectivity index (χ0n) is 23.5. The summed E-state index contributed by atoms with van der Waals surface area (Å²) in [5, 5.41) is 15.0. The summed E-state index contributed by atoms with van der Waals surface area (Å²) in [4.78, 5) is 0. The Kier molecular flexibility index (Phi) is 6.93. The Morgan fingerprint density at radius 2 is 1.26 bits per heavy atom. The maximum absolute atomic E-state index is 9.98. The van der Waals surface area contributed by atoms with Gasteiger partial charge in [0.1, 0.15) is 11.4 Å². The molecule has 8 rings (SSSR count). The average molecular weight is 612 g/mol. The van der Waals surface area contributed by atoms with Crippen LogP contribution in [-0.4, -0.2) is 12.2 Å². The van der Waals surface area contributed by atoms with Crippen molar-refractivity contribution in [2.75, 3.05) is 7.11 Å². The van der Waals surface area contributed by atoms with Crippen molar-refractivity contribution in [3.05, 3.63) is 165 Å². The second kappa shape index (κ2) is 10.9. The number of fused-ring (bicyclic) bond motifs is 4. The molecule has 206 valence electrons. The number of benzene rings is 6. The maximum atomic E-state index is 9.98. The van der Waals surface area contributed by atoms with Gasteiger partial charge < -0.3 is 9.84 Å². The van der Waals surface area contributed by atoms with Crippen LogP contribution in [0.15, 0.2) is 132 Å². The fourth-order valence-corrected chi connectivity index (χ4v) is 7.44. The molecule has 0 spiro atoms. The lowest BCUT2D eigenvalue weighted by Gasteiger charge is -2.31. The van der Waals surface area contributed by atoms with E-state index in [1.807, 2.05) is 13.2 Å². The van der Waals surface area contributed by atoms with E-state index in [0.717, 1.165) is 30.4 Å². The molecule has 42 heavy (non-hydrogen) atoms. The van der Waals surface area contributed by atoms with Crippen molar-refractivity contribution < 1.29 is 9.84 Å². The topological polar surface area (TPSA) is 29.5 Å². The van der Waals surface area contributed by atoms with Crippen LogP contribution in [0.3, 0.4) is 0 Å². The van der Waals surface area contributed by atoms with E-state index in [2.05, 4.69) is 131 Å². The van der Waals surface area contributed by atoms with Crippen LogP contribution in [0.1, 0.15) is 39.8 Å². The van der Waals surface area contributed by atoms with Crippen LogP contribution in [0, 0.1) is 0 Å². The second-order valence-corrected chi connectivity index (χ2v) is 11.8. The van der Waals surface area contributed by atoms with E-state index in [1.54, 1.807) is 6.07 Å². The Balaban J connectivity index is 0.000000138. The van der Waals surface area contributed by atoms with Gasteiger partial charge in [-0.2, -0.15) is 0 Å². The first-order valence-corrected chi connectivity index (χ1v) is 15.2. The molecule has 1 atom stereocenters. The predicted molar refractivity (Wildman–Crippen MR) is 177 cm³/mol. The van der Waals surface area contributed by atoms with Crippen molar-refractivity contribution in [1.82, 2.24) is 0 Å². The van der Waals surface area contributed by atoms with Gasteiger partial charge in [-0.05, 0) is 86.3 Å². The Hall–Kier alpha value is -4.18. The molecule has 0 aliphatic heterocycles. The molecular formula is C39H31BrO2. The molecule has 0 bridgehead atoms. The van der Waals surface area contributed by atoms with Crippen LogP contribution in [-0.2, 0) is 23.2 Å². The zero-order chi connectivity index (χ0) is 28.7. The number of aromatic hydroxyl groups is 1. The third-order valence-corrected chi connectivity index (χ3v) is 9.63.